The van der Waals surface area contributed by atoms with E-state index >= 15 is 0 Å². The van der Waals surface area contributed by atoms with Gasteiger partial charge in [-0.1, -0.05) is 24.3 Å². The van der Waals surface area contributed by atoms with Gasteiger partial charge in [-0.25, -0.2) is 17.5 Å². The van der Waals surface area contributed by atoms with Crippen molar-refractivity contribution in [1.29, 1.82) is 5.26 Å². The topological polar surface area (TPSA) is 87.5 Å². The SMILES string of the molecule is CN(C)S(=O)(=O)c1ccc(C(=O)Oc2ccc(-c3ccc(C#N)cc3)cc2)cc1. The molecule has 0 radical (unpaired) electrons. The van der Waals surface area contributed by atoms with E-state index in [4.69, 9.17) is 10.00 Å². The number of ether oxygens (including phenoxy) is 1. The van der Waals surface area contributed by atoms with E-state index < -0.39 is 16.0 Å². The zero-order valence-corrected chi connectivity index (χ0v) is 16.7. The Bertz CT molecular complexity index is 1160. The van der Waals surface area contributed by atoms with Gasteiger partial charge in [0.1, 0.15) is 5.75 Å². The molecule has 0 heterocycles. The number of nitrogens with zero attached hydrogens (tertiary/aromatic N) is 2. The third kappa shape index (κ3) is 4.51. The van der Waals surface area contributed by atoms with Gasteiger partial charge in [0.05, 0.1) is 22.1 Å². The number of carbonyl (C=O) groups excluding carboxylic acids is 1. The maximum atomic E-state index is 12.3. The van der Waals surface area contributed by atoms with Gasteiger partial charge in [0.2, 0.25) is 10.0 Å². The van der Waals surface area contributed by atoms with Crippen LogP contribution < -0.4 is 4.74 Å². The number of sulfonamides is 1. The predicted octanol–water partition coefficient (Wildman–Crippen LogP) is 3.69. The normalized spacial score (nSPS) is 11.1. The molecule has 0 aliphatic heterocycles. The van der Waals surface area contributed by atoms with Crippen molar-refractivity contribution in [2.24, 2.45) is 0 Å². The fraction of sp³-hybridized carbons (Fsp3) is 0.0909. The second kappa shape index (κ2) is 8.27. The highest BCUT2D eigenvalue weighted by Crippen LogP contribution is 2.23. The second-order valence-corrected chi connectivity index (χ2v) is 8.57. The smallest absolute Gasteiger partial charge is 0.343 e. The lowest BCUT2D eigenvalue weighted by Crippen LogP contribution is -2.22. The number of carbonyl (C=O) groups is 1. The average molecular weight is 406 g/mol. The van der Waals surface area contributed by atoms with Gasteiger partial charge in [0.25, 0.3) is 0 Å². The first-order valence-electron chi connectivity index (χ1n) is 8.66. The molecule has 0 spiro atoms. The van der Waals surface area contributed by atoms with Crippen molar-refractivity contribution < 1.29 is 17.9 Å². The highest BCUT2D eigenvalue weighted by Gasteiger charge is 2.18. The van der Waals surface area contributed by atoms with Gasteiger partial charge in [-0.2, -0.15) is 5.26 Å². The summed E-state index contributed by atoms with van der Waals surface area (Å²) in [5.74, 6) is -0.206. The molecule has 0 saturated carbocycles. The van der Waals surface area contributed by atoms with Crippen LogP contribution in [0, 0.1) is 11.3 Å². The van der Waals surface area contributed by atoms with Crippen LogP contribution in [-0.4, -0.2) is 32.8 Å². The van der Waals surface area contributed by atoms with Gasteiger partial charge in [-0.05, 0) is 59.7 Å². The molecule has 0 aliphatic carbocycles. The van der Waals surface area contributed by atoms with Crippen LogP contribution in [0.5, 0.6) is 5.75 Å². The number of hydrogen-bond acceptors (Lipinski definition) is 5. The summed E-state index contributed by atoms with van der Waals surface area (Å²) in [6, 6.07) is 21.8. The lowest BCUT2D eigenvalue weighted by Gasteiger charge is -2.11. The van der Waals surface area contributed by atoms with Crippen LogP contribution in [0.1, 0.15) is 15.9 Å². The summed E-state index contributed by atoms with van der Waals surface area (Å²) in [5.41, 5.74) is 2.70. The van der Waals surface area contributed by atoms with Crippen molar-refractivity contribution in [1.82, 2.24) is 4.31 Å². The quantitative estimate of drug-likeness (QED) is 0.476. The fourth-order valence-corrected chi connectivity index (χ4v) is 3.49. The van der Waals surface area contributed by atoms with Crippen molar-refractivity contribution in [3.8, 4) is 22.9 Å². The van der Waals surface area contributed by atoms with E-state index in [2.05, 4.69) is 6.07 Å². The fourth-order valence-electron chi connectivity index (χ4n) is 2.59. The highest BCUT2D eigenvalue weighted by atomic mass is 32.2. The van der Waals surface area contributed by atoms with Gasteiger partial charge in [0, 0.05) is 14.1 Å². The van der Waals surface area contributed by atoms with E-state index in [9.17, 15) is 13.2 Å². The van der Waals surface area contributed by atoms with Crippen molar-refractivity contribution in [2.75, 3.05) is 14.1 Å². The Hall–Kier alpha value is -3.47. The van der Waals surface area contributed by atoms with Crippen LogP contribution in [0.25, 0.3) is 11.1 Å². The van der Waals surface area contributed by atoms with Crippen molar-refractivity contribution in [3.05, 3.63) is 83.9 Å². The lowest BCUT2D eigenvalue weighted by atomic mass is 10.0. The maximum absolute atomic E-state index is 12.3. The molecule has 0 saturated heterocycles. The van der Waals surface area contributed by atoms with Crippen molar-refractivity contribution in [2.45, 2.75) is 4.90 Å². The summed E-state index contributed by atoms with van der Waals surface area (Å²) in [7, 11) is -0.663. The molecule has 3 rings (SSSR count). The summed E-state index contributed by atoms with van der Waals surface area (Å²) in [5, 5.41) is 8.86. The summed E-state index contributed by atoms with van der Waals surface area (Å²) >= 11 is 0. The summed E-state index contributed by atoms with van der Waals surface area (Å²) < 4.78 is 30.6. The number of hydrogen-bond donors (Lipinski definition) is 0. The Morgan fingerprint density at radius 2 is 1.38 bits per heavy atom. The third-order valence-electron chi connectivity index (χ3n) is 4.28. The average Bonchev–Trinajstić information content (AvgIpc) is 2.74. The minimum atomic E-state index is -3.55. The molecular weight excluding hydrogens is 388 g/mol. The van der Waals surface area contributed by atoms with Gasteiger partial charge < -0.3 is 4.74 Å². The van der Waals surface area contributed by atoms with Gasteiger partial charge in [-0.15, -0.1) is 0 Å². The van der Waals surface area contributed by atoms with Crippen LogP contribution in [-0.2, 0) is 10.0 Å². The molecule has 3 aromatic carbocycles. The predicted molar refractivity (Wildman–Crippen MR) is 109 cm³/mol. The van der Waals surface area contributed by atoms with E-state index in [-0.39, 0.29) is 10.5 Å². The van der Waals surface area contributed by atoms with E-state index in [0.717, 1.165) is 15.4 Å². The maximum Gasteiger partial charge on any atom is 0.343 e. The second-order valence-electron chi connectivity index (χ2n) is 6.41. The molecule has 0 bridgehead atoms. The number of nitriles is 1. The Morgan fingerprint density at radius 1 is 0.862 bits per heavy atom. The van der Waals surface area contributed by atoms with E-state index in [1.807, 2.05) is 24.3 Å². The van der Waals surface area contributed by atoms with Crippen LogP contribution in [0.3, 0.4) is 0 Å². The zero-order valence-electron chi connectivity index (χ0n) is 15.9. The lowest BCUT2D eigenvalue weighted by molar-refractivity contribution is 0.0734. The first kappa shape index (κ1) is 20.3. The monoisotopic (exact) mass is 406 g/mol. The molecule has 0 N–H and O–H groups in total. The van der Waals surface area contributed by atoms with Gasteiger partial charge in [-0.3, -0.25) is 0 Å². The molecule has 0 aromatic heterocycles. The van der Waals surface area contributed by atoms with Crippen LogP contribution in [0.4, 0.5) is 0 Å². The summed E-state index contributed by atoms with van der Waals surface area (Å²) in [4.78, 5) is 12.4. The molecule has 7 heteroatoms. The Morgan fingerprint density at radius 3 is 1.86 bits per heavy atom. The first-order chi connectivity index (χ1) is 13.8. The first-order valence-corrected chi connectivity index (χ1v) is 10.1. The van der Waals surface area contributed by atoms with E-state index in [1.165, 1.54) is 38.4 Å². The summed E-state index contributed by atoms with van der Waals surface area (Å²) in [6.45, 7) is 0. The van der Waals surface area contributed by atoms with Crippen LogP contribution in [0.2, 0.25) is 0 Å². The van der Waals surface area contributed by atoms with Crippen LogP contribution >= 0.6 is 0 Å². The molecule has 0 aliphatic rings. The van der Waals surface area contributed by atoms with Crippen molar-refractivity contribution >= 4 is 16.0 Å². The molecule has 0 atom stereocenters. The molecule has 6 nitrogen and oxygen atoms in total. The number of esters is 1. The Kier molecular flexibility index (Phi) is 5.78. The molecule has 0 unspecified atom stereocenters. The van der Waals surface area contributed by atoms with Crippen LogP contribution in [0.15, 0.2) is 77.7 Å². The van der Waals surface area contributed by atoms with Gasteiger partial charge in [0.15, 0.2) is 0 Å². The number of rotatable bonds is 5. The zero-order chi connectivity index (χ0) is 21.0. The number of benzene rings is 3. The van der Waals surface area contributed by atoms with Crippen molar-refractivity contribution in [3.63, 3.8) is 0 Å². The van der Waals surface area contributed by atoms with Gasteiger partial charge >= 0.3 is 5.97 Å². The molecule has 146 valence electrons. The summed E-state index contributed by atoms with van der Waals surface area (Å²) in [6.07, 6.45) is 0. The minimum Gasteiger partial charge on any atom is -0.423 e. The van der Waals surface area contributed by atoms with E-state index in [1.54, 1.807) is 24.3 Å². The molecule has 0 fully saturated rings. The standard InChI is InChI=1S/C22H18N2O4S/c1-24(2)29(26,27)21-13-9-19(10-14-21)22(25)28-20-11-7-18(8-12-20)17-5-3-16(15-23)4-6-17/h3-14H,1-2H3. The molecule has 29 heavy (non-hydrogen) atoms. The largest absolute Gasteiger partial charge is 0.423 e. The third-order valence-corrected chi connectivity index (χ3v) is 6.11. The highest BCUT2D eigenvalue weighted by molar-refractivity contribution is 7.89. The molecular formula is C22H18N2O4S. The molecule has 0 amide bonds. The Labute approximate surface area is 169 Å². The van der Waals surface area contributed by atoms with E-state index in [0.29, 0.717) is 11.3 Å². The Balaban J connectivity index is 1.71. The molecule has 3 aromatic rings. The minimum absolute atomic E-state index is 0.103.